The lowest BCUT2D eigenvalue weighted by Gasteiger charge is -2.34. The average Bonchev–Trinajstić information content (AvgIpc) is 2.53. The van der Waals surface area contributed by atoms with Gasteiger partial charge in [-0.1, -0.05) is 0 Å². The van der Waals surface area contributed by atoms with Crippen LogP contribution in [-0.2, 0) is 13.2 Å². The van der Waals surface area contributed by atoms with Crippen molar-refractivity contribution in [1.82, 2.24) is 9.55 Å². The highest BCUT2D eigenvalue weighted by atomic mass is 32.1. The SMILES string of the molecule is C[C@H]1CCn2c(cc(OCc3cc(F)c(F)cc3F)nc2=O)N1C.S. The predicted octanol–water partition coefficient (Wildman–Crippen LogP) is 2.58. The number of benzene rings is 1. The predicted molar refractivity (Wildman–Crippen MR) is 92.0 cm³/mol. The van der Waals surface area contributed by atoms with Gasteiger partial charge in [-0.15, -0.1) is 0 Å². The van der Waals surface area contributed by atoms with Crippen LogP contribution in [0.3, 0.4) is 0 Å². The number of hydrogen-bond donors (Lipinski definition) is 0. The number of nitrogens with zero attached hydrogens (tertiary/aromatic N) is 3. The molecule has 0 unspecified atom stereocenters. The maximum Gasteiger partial charge on any atom is 0.352 e. The van der Waals surface area contributed by atoms with Crippen molar-refractivity contribution < 1.29 is 17.9 Å². The highest BCUT2D eigenvalue weighted by molar-refractivity contribution is 7.59. The standard InChI is InChI=1S/C16H16F3N3O2.H2S/c1-9-3-4-22-15(21(9)2)7-14(20-16(22)23)24-8-10-5-12(18)13(19)6-11(10)17;/h5-7,9H,3-4,8H2,1-2H3;1H2/t9-;/m0./s1. The largest absolute Gasteiger partial charge is 0.472 e. The molecule has 0 spiro atoms. The highest BCUT2D eigenvalue weighted by Gasteiger charge is 2.22. The summed E-state index contributed by atoms with van der Waals surface area (Å²) < 4.78 is 46.6. The topological polar surface area (TPSA) is 47.4 Å². The van der Waals surface area contributed by atoms with E-state index in [1.165, 1.54) is 4.57 Å². The molecule has 0 saturated heterocycles. The third kappa shape index (κ3) is 3.76. The summed E-state index contributed by atoms with van der Waals surface area (Å²) in [6, 6.07) is 3.01. The van der Waals surface area contributed by atoms with E-state index in [-0.39, 0.29) is 37.6 Å². The van der Waals surface area contributed by atoms with Crippen LogP contribution in [0.1, 0.15) is 18.9 Å². The monoisotopic (exact) mass is 373 g/mol. The Kier molecular flexibility index (Phi) is 5.66. The molecule has 0 fully saturated rings. The zero-order chi connectivity index (χ0) is 17.4. The second kappa shape index (κ2) is 7.38. The lowest BCUT2D eigenvalue weighted by molar-refractivity contribution is 0.282. The summed E-state index contributed by atoms with van der Waals surface area (Å²) in [5.41, 5.74) is -0.623. The molecule has 0 N–H and O–H groups in total. The minimum absolute atomic E-state index is 0. The van der Waals surface area contributed by atoms with Crippen molar-refractivity contribution in [2.75, 3.05) is 11.9 Å². The van der Waals surface area contributed by atoms with Gasteiger partial charge in [0.1, 0.15) is 18.2 Å². The molecule has 0 bridgehead atoms. The molecule has 5 nitrogen and oxygen atoms in total. The van der Waals surface area contributed by atoms with Crippen LogP contribution in [0.25, 0.3) is 0 Å². The molecule has 25 heavy (non-hydrogen) atoms. The Morgan fingerprint density at radius 3 is 2.60 bits per heavy atom. The Hall–Kier alpha value is -2.16. The van der Waals surface area contributed by atoms with E-state index >= 15 is 0 Å². The molecular formula is C16H18F3N3O2S. The number of hydrogen-bond acceptors (Lipinski definition) is 4. The van der Waals surface area contributed by atoms with Crippen LogP contribution in [0.2, 0.25) is 0 Å². The fourth-order valence-corrected chi connectivity index (χ4v) is 2.61. The molecule has 3 rings (SSSR count). The molecule has 1 aromatic heterocycles. The number of aromatic nitrogens is 2. The quantitative estimate of drug-likeness (QED) is 0.776. The lowest BCUT2D eigenvalue weighted by Crippen LogP contribution is -2.41. The number of ether oxygens (including phenoxy) is 1. The number of halogens is 3. The number of fused-ring (bicyclic) bond motifs is 1. The summed E-state index contributed by atoms with van der Waals surface area (Å²) in [7, 11) is 1.86. The van der Waals surface area contributed by atoms with Gasteiger partial charge in [0.2, 0.25) is 5.88 Å². The molecule has 2 heterocycles. The average molecular weight is 373 g/mol. The van der Waals surface area contributed by atoms with Crippen molar-refractivity contribution in [2.24, 2.45) is 0 Å². The molecule has 1 aliphatic rings. The zero-order valence-corrected chi connectivity index (χ0v) is 14.7. The van der Waals surface area contributed by atoms with Gasteiger partial charge in [-0.3, -0.25) is 4.57 Å². The Balaban J connectivity index is 0.00000225. The van der Waals surface area contributed by atoms with Crippen LogP contribution >= 0.6 is 13.5 Å². The van der Waals surface area contributed by atoms with E-state index < -0.39 is 23.1 Å². The molecule has 9 heteroatoms. The summed E-state index contributed by atoms with van der Waals surface area (Å²) in [5.74, 6) is -2.70. The van der Waals surface area contributed by atoms with Crippen molar-refractivity contribution >= 4 is 19.3 Å². The zero-order valence-electron chi connectivity index (χ0n) is 13.7. The van der Waals surface area contributed by atoms with E-state index in [0.717, 1.165) is 12.5 Å². The molecule has 2 aromatic rings. The molecule has 0 saturated carbocycles. The van der Waals surface area contributed by atoms with Gasteiger partial charge in [0, 0.05) is 37.3 Å². The van der Waals surface area contributed by atoms with Crippen LogP contribution in [0.15, 0.2) is 23.0 Å². The second-order valence-corrected chi connectivity index (χ2v) is 5.78. The van der Waals surface area contributed by atoms with Crippen LogP contribution in [0.4, 0.5) is 19.0 Å². The van der Waals surface area contributed by atoms with Gasteiger partial charge in [0.05, 0.1) is 0 Å². The van der Waals surface area contributed by atoms with Gasteiger partial charge in [-0.25, -0.2) is 18.0 Å². The first-order valence-corrected chi connectivity index (χ1v) is 7.47. The Morgan fingerprint density at radius 1 is 1.20 bits per heavy atom. The summed E-state index contributed by atoms with van der Waals surface area (Å²) in [6.45, 7) is 2.23. The smallest absolute Gasteiger partial charge is 0.352 e. The van der Waals surface area contributed by atoms with Crippen LogP contribution in [0.5, 0.6) is 5.88 Å². The first-order chi connectivity index (χ1) is 11.4. The van der Waals surface area contributed by atoms with E-state index in [0.29, 0.717) is 18.4 Å². The van der Waals surface area contributed by atoms with Crippen molar-refractivity contribution in [2.45, 2.75) is 32.5 Å². The Morgan fingerprint density at radius 2 is 1.88 bits per heavy atom. The molecule has 136 valence electrons. The van der Waals surface area contributed by atoms with Crippen LogP contribution in [0, 0.1) is 17.5 Å². The molecule has 0 radical (unpaired) electrons. The molecule has 1 aliphatic heterocycles. The van der Waals surface area contributed by atoms with E-state index in [1.807, 2.05) is 18.9 Å². The van der Waals surface area contributed by atoms with Crippen molar-refractivity contribution in [3.05, 3.63) is 51.7 Å². The number of rotatable bonds is 3. The third-order valence-electron chi connectivity index (χ3n) is 4.22. The number of anilines is 1. The van der Waals surface area contributed by atoms with E-state index in [9.17, 15) is 18.0 Å². The minimum Gasteiger partial charge on any atom is -0.472 e. The molecule has 0 amide bonds. The summed E-state index contributed by atoms with van der Waals surface area (Å²) in [6.07, 6.45) is 0.825. The van der Waals surface area contributed by atoms with Gasteiger partial charge in [0.25, 0.3) is 0 Å². The molecular weight excluding hydrogens is 355 g/mol. The van der Waals surface area contributed by atoms with Crippen LogP contribution < -0.4 is 15.3 Å². The summed E-state index contributed by atoms with van der Waals surface area (Å²) >= 11 is 0. The van der Waals surface area contributed by atoms with E-state index in [2.05, 4.69) is 4.98 Å². The van der Waals surface area contributed by atoms with Gasteiger partial charge in [-0.2, -0.15) is 18.5 Å². The van der Waals surface area contributed by atoms with Gasteiger partial charge in [-0.05, 0) is 19.4 Å². The van der Waals surface area contributed by atoms with Gasteiger partial charge >= 0.3 is 5.69 Å². The van der Waals surface area contributed by atoms with Crippen molar-refractivity contribution in [3.8, 4) is 5.88 Å². The lowest BCUT2D eigenvalue weighted by atomic mass is 10.1. The Labute approximate surface area is 149 Å². The first kappa shape index (κ1) is 19.2. The third-order valence-corrected chi connectivity index (χ3v) is 4.22. The summed E-state index contributed by atoms with van der Waals surface area (Å²) in [4.78, 5) is 17.8. The fourth-order valence-electron chi connectivity index (χ4n) is 2.61. The van der Waals surface area contributed by atoms with Crippen LogP contribution in [-0.4, -0.2) is 22.6 Å². The summed E-state index contributed by atoms with van der Waals surface area (Å²) in [5, 5.41) is 0. The van der Waals surface area contributed by atoms with E-state index in [4.69, 9.17) is 4.74 Å². The normalized spacial score (nSPS) is 16.2. The maximum absolute atomic E-state index is 13.6. The van der Waals surface area contributed by atoms with Gasteiger partial charge < -0.3 is 9.64 Å². The maximum atomic E-state index is 13.6. The second-order valence-electron chi connectivity index (χ2n) is 5.78. The molecule has 1 aromatic carbocycles. The molecule has 1 atom stereocenters. The highest BCUT2D eigenvalue weighted by Crippen LogP contribution is 2.24. The molecule has 0 aliphatic carbocycles. The van der Waals surface area contributed by atoms with E-state index in [1.54, 1.807) is 6.07 Å². The Bertz CT molecular complexity index is 844. The first-order valence-electron chi connectivity index (χ1n) is 7.47. The minimum atomic E-state index is -1.27. The van der Waals surface area contributed by atoms with Crippen molar-refractivity contribution in [1.29, 1.82) is 0 Å². The van der Waals surface area contributed by atoms with Gasteiger partial charge in [0.15, 0.2) is 11.6 Å². The fraction of sp³-hybridized carbons (Fsp3) is 0.375. The van der Waals surface area contributed by atoms with Crippen molar-refractivity contribution in [3.63, 3.8) is 0 Å².